The van der Waals surface area contributed by atoms with Gasteiger partial charge in [-0.25, -0.2) is 9.78 Å². The van der Waals surface area contributed by atoms with E-state index in [4.69, 9.17) is 9.78 Å². The predicted molar refractivity (Wildman–Crippen MR) is 109 cm³/mol. The summed E-state index contributed by atoms with van der Waals surface area (Å²) in [7, 11) is 0. The third kappa shape index (κ3) is 7.31. The first-order valence-corrected chi connectivity index (χ1v) is 9.90. The topological polar surface area (TPSA) is 18.5 Å². The summed E-state index contributed by atoms with van der Waals surface area (Å²) in [4.78, 5) is 11.0. The molecule has 0 aliphatic carbocycles. The Balaban J connectivity index is 1.60. The summed E-state index contributed by atoms with van der Waals surface area (Å²) < 4.78 is 0. The van der Waals surface area contributed by atoms with Crippen molar-refractivity contribution < 1.29 is 9.78 Å². The molecule has 2 nitrogen and oxygen atoms in total. The van der Waals surface area contributed by atoms with Gasteiger partial charge < -0.3 is 0 Å². The lowest BCUT2D eigenvalue weighted by Gasteiger charge is -2.19. The lowest BCUT2D eigenvalue weighted by molar-refractivity contribution is -0.306. The molecular weight excluding hydrogens is 320 g/mol. The van der Waals surface area contributed by atoms with E-state index in [1.54, 1.807) is 0 Å². The number of hydrogen-bond donors (Lipinski definition) is 0. The molecule has 142 valence electrons. The van der Waals surface area contributed by atoms with Crippen LogP contribution in [0.2, 0.25) is 0 Å². The fourth-order valence-electron chi connectivity index (χ4n) is 3.51. The Labute approximate surface area is 159 Å². The van der Waals surface area contributed by atoms with Crippen LogP contribution in [-0.4, -0.2) is 13.2 Å². The van der Waals surface area contributed by atoms with Crippen LogP contribution in [0.4, 0.5) is 0 Å². The van der Waals surface area contributed by atoms with Crippen LogP contribution in [0, 0.1) is 11.8 Å². The standard InChI is InChI=1S/C24H34O2/c1-19(15-21(3)23-11-7-5-8-12-23)17-25-26-18-20(2)16-22(4)24-13-9-6-10-14-24/h5-14,19-22H,15-18H2,1-4H3. The number of rotatable bonds is 11. The van der Waals surface area contributed by atoms with Crippen molar-refractivity contribution in [3.8, 4) is 0 Å². The maximum absolute atomic E-state index is 5.49. The van der Waals surface area contributed by atoms with E-state index < -0.39 is 0 Å². The molecule has 0 aromatic heterocycles. The highest BCUT2D eigenvalue weighted by molar-refractivity contribution is 5.19. The van der Waals surface area contributed by atoms with Gasteiger partial charge in [0.1, 0.15) is 0 Å². The van der Waals surface area contributed by atoms with Crippen LogP contribution in [0.15, 0.2) is 60.7 Å². The van der Waals surface area contributed by atoms with Crippen LogP contribution in [0.25, 0.3) is 0 Å². The fraction of sp³-hybridized carbons (Fsp3) is 0.500. The summed E-state index contributed by atoms with van der Waals surface area (Å²) >= 11 is 0. The molecule has 0 saturated heterocycles. The zero-order chi connectivity index (χ0) is 18.8. The maximum atomic E-state index is 5.49. The lowest BCUT2D eigenvalue weighted by Crippen LogP contribution is -2.14. The smallest absolute Gasteiger partial charge is 0.0848 e. The van der Waals surface area contributed by atoms with E-state index in [9.17, 15) is 0 Å². The van der Waals surface area contributed by atoms with Crippen molar-refractivity contribution >= 4 is 0 Å². The van der Waals surface area contributed by atoms with Crippen molar-refractivity contribution in [1.82, 2.24) is 0 Å². The molecule has 0 saturated carbocycles. The van der Waals surface area contributed by atoms with Gasteiger partial charge in [0.05, 0.1) is 13.2 Å². The van der Waals surface area contributed by atoms with Crippen LogP contribution in [0.5, 0.6) is 0 Å². The van der Waals surface area contributed by atoms with Crippen molar-refractivity contribution in [2.24, 2.45) is 11.8 Å². The summed E-state index contributed by atoms with van der Waals surface area (Å²) in [5, 5.41) is 0. The second kappa shape index (κ2) is 11.2. The molecule has 0 radical (unpaired) electrons. The molecule has 0 spiro atoms. The molecule has 26 heavy (non-hydrogen) atoms. The zero-order valence-electron chi connectivity index (χ0n) is 16.7. The van der Waals surface area contributed by atoms with Gasteiger partial charge in [-0.15, -0.1) is 0 Å². The van der Waals surface area contributed by atoms with Crippen molar-refractivity contribution in [3.63, 3.8) is 0 Å². The Kier molecular flexibility index (Phi) is 8.87. The first-order valence-electron chi connectivity index (χ1n) is 9.90. The molecule has 2 heteroatoms. The molecular formula is C24H34O2. The highest BCUT2D eigenvalue weighted by Gasteiger charge is 2.13. The van der Waals surface area contributed by atoms with Crippen LogP contribution in [-0.2, 0) is 9.78 Å². The summed E-state index contributed by atoms with van der Waals surface area (Å²) in [6.07, 6.45) is 2.21. The molecule has 0 fully saturated rings. The van der Waals surface area contributed by atoms with Crippen LogP contribution in [0.3, 0.4) is 0 Å². The minimum Gasteiger partial charge on any atom is -0.236 e. The molecule has 0 N–H and O–H groups in total. The van der Waals surface area contributed by atoms with Gasteiger partial charge in [-0.3, -0.25) is 0 Å². The summed E-state index contributed by atoms with van der Waals surface area (Å²) in [6, 6.07) is 21.3. The largest absolute Gasteiger partial charge is 0.236 e. The van der Waals surface area contributed by atoms with Crippen molar-refractivity contribution in [2.75, 3.05) is 13.2 Å². The minimum absolute atomic E-state index is 0.476. The Morgan fingerprint density at radius 2 is 0.923 bits per heavy atom. The van der Waals surface area contributed by atoms with Gasteiger partial charge in [-0.2, -0.15) is 0 Å². The average Bonchev–Trinajstić information content (AvgIpc) is 2.66. The molecule has 0 amide bonds. The summed E-state index contributed by atoms with van der Waals surface area (Å²) in [6.45, 7) is 10.3. The molecule has 2 rings (SSSR count). The third-order valence-electron chi connectivity index (χ3n) is 5.04. The Morgan fingerprint density at radius 1 is 0.577 bits per heavy atom. The first-order chi connectivity index (χ1) is 12.6. The van der Waals surface area contributed by atoms with Gasteiger partial charge in [0.2, 0.25) is 0 Å². The highest BCUT2D eigenvalue weighted by atomic mass is 17.2. The van der Waals surface area contributed by atoms with Crippen molar-refractivity contribution in [2.45, 2.75) is 52.4 Å². The molecule has 2 aromatic carbocycles. The normalized spacial score (nSPS) is 16.0. The highest BCUT2D eigenvalue weighted by Crippen LogP contribution is 2.24. The van der Waals surface area contributed by atoms with Crippen molar-refractivity contribution in [3.05, 3.63) is 71.8 Å². The van der Waals surface area contributed by atoms with Gasteiger partial charge in [-0.05, 0) is 47.6 Å². The number of hydrogen-bond acceptors (Lipinski definition) is 2. The van der Waals surface area contributed by atoms with Gasteiger partial charge >= 0.3 is 0 Å². The van der Waals surface area contributed by atoms with Gasteiger partial charge in [-0.1, -0.05) is 88.4 Å². The molecule has 0 heterocycles. The van der Waals surface area contributed by atoms with E-state index in [1.165, 1.54) is 11.1 Å². The monoisotopic (exact) mass is 354 g/mol. The Bertz CT molecular complexity index is 541. The minimum atomic E-state index is 0.476. The molecule has 4 atom stereocenters. The van der Waals surface area contributed by atoms with E-state index in [1.807, 2.05) is 0 Å². The van der Waals surface area contributed by atoms with Crippen LogP contribution >= 0.6 is 0 Å². The molecule has 2 aromatic rings. The Morgan fingerprint density at radius 3 is 1.27 bits per heavy atom. The van der Waals surface area contributed by atoms with E-state index >= 15 is 0 Å². The third-order valence-corrected chi connectivity index (χ3v) is 5.04. The molecule has 4 unspecified atom stereocenters. The molecule has 0 bridgehead atoms. The summed E-state index contributed by atoms with van der Waals surface area (Å²) in [5.41, 5.74) is 2.78. The first kappa shape index (κ1) is 20.7. The van der Waals surface area contributed by atoms with E-state index in [2.05, 4.69) is 88.4 Å². The average molecular weight is 355 g/mol. The maximum Gasteiger partial charge on any atom is 0.0848 e. The fourth-order valence-corrected chi connectivity index (χ4v) is 3.51. The van der Waals surface area contributed by atoms with Gasteiger partial charge in [0.15, 0.2) is 0 Å². The number of benzene rings is 2. The SMILES string of the molecule is CC(COOCC(C)CC(C)c1ccccc1)CC(C)c1ccccc1. The van der Waals surface area contributed by atoms with Gasteiger partial charge in [0.25, 0.3) is 0 Å². The lowest BCUT2D eigenvalue weighted by atomic mass is 9.91. The quantitative estimate of drug-likeness (QED) is 0.257. The second-order valence-electron chi connectivity index (χ2n) is 7.87. The van der Waals surface area contributed by atoms with E-state index in [0.717, 1.165) is 12.8 Å². The molecule has 0 aliphatic rings. The molecule has 0 aliphatic heterocycles. The Hall–Kier alpha value is -1.64. The zero-order valence-corrected chi connectivity index (χ0v) is 16.7. The van der Waals surface area contributed by atoms with Gasteiger partial charge in [0, 0.05) is 0 Å². The van der Waals surface area contributed by atoms with Crippen LogP contribution < -0.4 is 0 Å². The van der Waals surface area contributed by atoms with E-state index in [0.29, 0.717) is 36.9 Å². The van der Waals surface area contributed by atoms with E-state index in [-0.39, 0.29) is 0 Å². The second-order valence-corrected chi connectivity index (χ2v) is 7.87. The predicted octanol–water partition coefficient (Wildman–Crippen LogP) is 6.59. The summed E-state index contributed by atoms with van der Waals surface area (Å²) in [5.74, 6) is 2.04. The van der Waals surface area contributed by atoms with Crippen molar-refractivity contribution in [1.29, 1.82) is 0 Å². The van der Waals surface area contributed by atoms with Crippen LogP contribution in [0.1, 0.15) is 63.5 Å².